The predicted molar refractivity (Wildman–Crippen MR) is 150 cm³/mol. The SMILES string of the molecule is CCc1nc2cc(C(F)(F)F)c(Cl)cc2n1-c1ccc(CCOC(=O)N(c2ccc(CN)cc2)[SH](=O)=O)cc1.[NaH]. The van der Waals surface area contributed by atoms with E-state index in [0.29, 0.717) is 34.2 Å². The average Bonchev–Trinajstić information content (AvgIpc) is 3.26. The van der Waals surface area contributed by atoms with Gasteiger partial charge in [-0.25, -0.2) is 18.2 Å². The zero-order valence-electron chi connectivity index (χ0n) is 20.6. The number of carbonyl (C=O) groups excluding carboxylic acids is 1. The second-order valence-corrected chi connectivity index (χ2v) is 9.77. The second-order valence-electron chi connectivity index (χ2n) is 8.49. The van der Waals surface area contributed by atoms with E-state index in [-0.39, 0.29) is 53.9 Å². The molecule has 0 fully saturated rings. The van der Waals surface area contributed by atoms with Gasteiger partial charge < -0.3 is 10.5 Å². The van der Waals surface area contributed by atoms with Crippen LogP contribution in [-0.4, -0.2) is 60.2 Å². The standard InChI is InChI=1S/C26H24ClF3N4O4S.Na.H/c1-2-24-32-22-13-20(26(28,29)30)21(27)14-23(22)33(24)18-7-3-16(4-8-18)11-12-38-25(35)34(39(36)37)19-9-5-17(15-31)6-10-19;;/h3-10,13-14,39H,2,11-12,15,31H2,1H3;;. The molecule has 3 aromatic carbocycles. The first-order chi connectivity index (χ1) is 18.5. The Morgan fingerprint density at radius 2 is 1.70 bits per heavy atom. The van der Waals surface area contributed by atoms with Gasteiger partial charge in [0.1, 0.15) is 5.82 Å². The zero-order valence-corrected chi connectivity index (χ0v) is 22.3. The molecule has 0 spiro atoms. The number of imidazole rings is 1. The van der Waals surface area contributed by atoms with Gasteiger partial charge in [0.15, 0.2) is 0 Å². The van der Waals surface area contributed by atoms with Gasteiger partial charge in [-0.05, 0) is 47.5 Å². The molecule has 4 rings (SSSR count). The number of anilines is 1. The molecule has 1 amide bonds. The molecule has 1 heterocycles. The van der Waals surface area contributed by atoms with Crippen LogP contribution in [0.5, 0.6) is 0 Å². The minimum absolute atomic E-state index is 0. The molecule has 0 atom stereocenters. The third kappa shape index (κ3) is 6.99. The number of fused-ring (bicyclic) bond motifs is 1. The molecule has 0 unspecified atom stereocenters. The fourth-order valence-corrected chi connectivity index (χ4v) is 4.84. The number of nitrogens with zero attached hydrogens (tertiary/aromatic N) is 3. The Bertz CT molecular complexity index is 1570. The number of ether oxygens (including phenoxy) is 1. The number of rotatable bonds is 8. The molecule has 4 aromatic rings. The van der Waals surface area contributed by atoms with Gasteiger partial charge >= 0.3 is 41.8 Å². The van der Waals surface area contributed by atoms with Crippen molar-refractivity contribution < 1.29 is 31.1 Å². The predicted octanol–water partition coefficient (Wildman–Crippen LogP) is 4.78. The Morgan fingerprint density at radius 3 is 2.25 bits per heavy atom. The van der Waals surface area contributed by atoms with Crippen LogP contribution in [0.25, 0.3) is 16.7 Å². The number of benzene rings is 3. The number of hydrogen-bond donors (Lipinski definition) is 2. The molecule has 0 aliphatic rings. The van der Waals surface area contributed by atoms with Crippen LogP contribution in [0.2, 0.25) is 5.02 Å². The van der Waals surface area contributed by atoms with Gasteiger partial charge in [-0.1, -0.05) is 42.8 Å². The van der Waals surface area contributed by atoms with Crippen molar-refractivity contribution >= 4 is 74.9 Å². The van der Waals surface area contributed by atoms with E-state index in [1.54, 1.807) is 41.0 Å². The number of aromatic nitrogens is 2. The fraction of sp³-hybridized carbons (Fsp3) is 0.231. The van der Waals surface area contributed by atoms with Gasteiger partial charge in [-0.15, -0.1) is 0 Å². The minimum atomic E-state index is -4.60. The molecule has 0 aliphatic heterocycles. The van der Waals surface area contributed by atoms with E-state index in [0.717, 1.165) is 17.2 Å². The molecule has 0 saturated carbocycles. The third-order valence-corrected chi connectivity index (χ3v) is 7.03. The summed E-state index contributed by atoms with van der Waals surface area (Å²) in [6.45, 7) is 2.04. The first kappa shape index (κ1) is 31.9. The summed E-state index contributed by atoms with van der Waals surface area (Å²) in [7, 11) is -3.27. The van der Waals surface area contributed by atoms with Crippen LogP contribution in [0, 0.1) is 0 Å². The Labute approximate surface area is 257 Å². The van der Waals surface area contributed by atoms with E-state index in [4.69, 9.17) is 22.1 Å². The van der Waals surface area contributed by atoms with Crippen molar-refractivity contribution in [1.29, 1.82) is 0 Å². The number of carbonyl (C=O) groups is 1. The summed E-state index contributed by atoms with van der Waals surface area (Å²) in [5.74, 6) is 0.563. The quantitative estimate of drug-likeness (QED) is 0.221. The molecular formula is C26H25ClF3N4NaO4S. The summed E-state index contributed by atoms with van der Waals surface area (Å²) < 4.78 is 70.7. The van der Waals surface area contributed by atoms with Gasteiger partial charge in [-0.2, -0.15) is 17.5 Å². The van der Waals surface area contributed by atoms with E-state index in [9.17, 15) is 26.4 Å². The van der Waals surface area contributed by atoms with Crippen LogP contribution in [0.1, 0.15) is 29.4 Å². The zero-order chi connectivity index (χ0) is 28.3. The van der Waals surface area contributed by atoms with Crippen molar-refractivity contribution in [3.63, 3.8) is 0 Å². The molecule has 40 heavy (non-hydrogen) atoms. The average molecular weight is 605 g/mol. The number of halogens is 4. The summed E-state index contributed by atoms with van der Waals surface area (Å²) >= 11 is 5.95. The Kier molecular flexibility index (Phi) is 10.7. The van der Waals surface area contributed by atoms with Crippen molar-refractivity contribution in [1.82, 2.24) is 9.55 Å². The molecule has 0 saturated heterocycles. The van der Waals surface area contributed by atoms with Crippen molar-refractivity contribution in [2.45, 2.75) is 32.5 Å². The summed E-state index contributed by atoms with van der Waals surface area (Å²) in [6.07, 6.45) is -4.86. The van der Waals surface area contributed by atoms with Crippen molar-refractivity contribution in [2.75, 3.05) is 10.9 Å². The molecule has 0 bridgehead atoms. The van der Waals surface area contributed by atoms with Gasteiger partial charge in [0, 0.05) is 25.1 Å². The van der Waals surface area contributed by atoms with Crippen LogP contribution < -0.4 is 10.0 Å². The maximum atomic E-state index is 13.3. The molecule has 8 nitrogen and oxygen atoms in total. The molecule has 2 N–H and O–H groups in total. The maximum absolute atomic E-state index is 13.3. The molecule has 14 heteroatoms. The molecule has 0 aliphatic carbocycles. The molecule has 0 radical (unpaired) electrons. The second kappa shape index (κ2) is 13.4. The molecular weight excluding hydrogens is 580 g/mol. The Morgan fingerprint density at radius 1 is 1.07 bits per heavy atom. The summed E-state index contributed by atoms with van der Waals surface area (Å²) in [4.78, 5) is 16.8. The van der Waals surface area contributed by atoms with E-state index >= 15 is 0 Å². The van der Waals surface area contributed by atoms with Crippen LogP contribution >= 0.6 is 11.6 Å². The van der Waals surface area contributed by atoms with Crippen molar-refractivity contribution in [3.8, 4) is 5.69 Å². The van der Waals surface area contributed by atoms with Gasteiger partial charge in [0.25, 0.3) is 0 Å². The number of nitrogens with two attached hydrogens (primary N) is 1. The number of aryl methyl sites for hydroxylation is 1. The van der Waals surface area contributed by atoms with Crippen molar-refractivity contribution in [3.05, 3.63) is 88.2 Å². The summed E-state index contributed by atoms with van der Waals surface area (Å²) in [6, 6.07) is 15.5. The van der Waals surface area contributed by atoms with Gasteiger partial charge in [0.05, 0.1) is 33.9 Å². The molecule has 208 valence electrons. The topological polar surface area (TPSA) is 108 Å². The number of amides is 1. The van der Waals surface area contributed by atoms with Crippen LogP contribution in [0.4, 0.5) is 23.7 Å². The van der Waals surface area contributed by atoms with Gasteiger partial charge in [0.2, 0.25) is 10.9 Å². The van der Waals surface area contributed by atoms with Gasteiger partial charge in [-0.3, -0.25) is 4.57 Å². The first-order valence-corrected chi connectivity index (χ1v) is 13.3. The van der Waals surface area contributed by atoms with E-state index in [1.165, 1.54) is 18.2 Å². The number of hydrogen-bond acceptors (Lipinski definition) is 6. The van der Waals surface area contributed by atoms with E-state index in [2.05, 4.69) is 4.98 Å². The van der Waals surface area contributed by atoms with Crippen LogP contribution in [0.15, 0.2) is 60.7 Å². The normalized spacial score (nSPS) is 11.5. The third-order valence-electron chi connectivity index (χ3n) is 6.00. The van der Waals surface area contributed by atoms with E-state index in [1.807, 2.05) is 6.92 Å². The summed E-state index contributed by atoms with van der Waals surface area (Å²) in [5.41, 5.74) is 7.60. The monoisotopic (exact) mass is 604 g/mol. The van der Waals surface area contributed by atoms with Crippen molar-refractivity contribution in [2.24, 2.45) is 5.73 Å². The summed E-state index contributed by atoms with van der Waals surface area (Å²) in [5, 5.41) is -0.415. The molecule has 1 aromatic heterocycles. The Balaban J connectivity index is 0.00000441. The Hall–Kier alpha value is -2.61. The first-order valence-electron chi connectivity index (χ1n) is 11.8. The van der Waals surface area contributed by atoms with Crippen LogP contribution in [-0.2, 0) is 41.2 Å². The number of thiol groups is 1. The fourth-order valence-electron chi connectivity index (χ4n) is 4.06. The van der Waals surface area contributed by atoms with Crippen LogP contribution in [0.3, 0.4) is 0 Å². The van der Waals surface area contributed by atoms with E-state index < -0.39 is 33.7 Å². The number of alkyl halides is 3.